The topological polar surface area (TPSA) is 54.9 Å². The van der Waals surface area contributed by atoms with E-state index < -0.39 is 0 Å². The highest BCUT2D eigenvalue weighted by atomic mass is 127. The molecule has 5 nitrogen and oxygen atoms in total. The third-order valence-corrected chi connectivity index (χ3v) is 4.50. The smallest absolute Gasteiger partial charge is 0.191 e. The van der Waals surface area contributed by atoms with Crippen LogP contribution in [0.2, 0.25) is 0 Å². The fourth-order valence-corrected chi connectivity index (χ4v) is 3.03. The summed E-state index contributed by atoms with van der Waals surface area (Å²) in [5.74, 6) is 1.31. The number of rotatable bonds is 7. The lowest BCUT2D eigenvalue weighted by Crippen LogP contribution is -2.37. The van der Waals surface area contributed by atoms with Crippen LogP contribution in [-0.4, -0.2) is 31.8 Å². The van der Waals surface area contributed by atoms with Crippen molar-refractivity contribution in [3.63, 3.8) is 0 Å². The molecule has 2 aromatic carbocycles. The zero-order chi connectivity index (χ0) is 19.8. The SMILES string of the molecule is CCNC(=NCc1cccc(F)c1)NCc1ccc(C)cc1OC1CCOC1.I. The number of guanidine groups is 1. The molecule has 1 unspecified atom stereocenters. The number of halogens is 2. The van der Waals surface area contributed by atoms with Crippen molar-refractivity contribution in [3.05, 3.63) is 65.0 Å². The zero-order valence-corrected chi connectivity index (χ0v) is 19.2. The maximum absolute atomic E-state index is 13.4. The van der Waals surface area contributed by atoms with Crippen molar-refractivity contribution in [3.8, 4) is 5.75 Å². The first-order chi connectivity index (χ1) is 13.6. The Kier molecular flexibility index (Phi) is 9.66. The molecule has 29 heavy (non-hydrogen) atoms. The predicted octanol–water partition coefficient (Wildman–Crippen LogP) is 4.18. The Balaban J connectivity index is 0.00000300. The van der Waals surface area contributed by atoms with E-state index >= 15 is 0 Å². The molecule has 1 aliphatic rings. The molecule has 0 bridgehead atoms. The molecule has 1 heterocycles. The van der Waals surface area contributed by atoms with Gasteiger partial charge in [0.2, 0.25) is 0 Å². The third kappa shape index (κ3) is 7.47. The minimum Gasteiger partial charge on any atom is -0.488 e. The van der Waals surface area contributed by atoms with Crippen molar-refractivity contribution in [1.29, 1.82) is 0 Å². The third-order valence-electron chi connectivity index (χ3n) is 4.50. The number of aliphatic imine (C=N–C) groups is 1. The van der Waals surface area contributed by atoms with Crippen molar-refractivity contribution in [1.82, 2.24) is 10.6 Å². The number of hydrogen-bond donors (Lipinski definition) is 2. The van der Waals surface area contributed by atoms with Gasteiger partial charge in [0.1, 0.15) is 17.7 Å². The number of benzene rings is 2. The van der Waals surface area contributed by atoms with E-state index in [0.29, 0.717) is 25.7 Å². The Morgan fingerprint density at radius 1 is 1.24 bits per heavy atom. The van der Waals surface area contributed by atoms with Crippen molar-refractivity contribution in [2.45, 2.75) is 39.5 Å². The monoisotopic (exact) mass is 513 g/mol. The first-order valence-corrected chi connectivity index (χ1v) is 9.74. The Morgan fingerprint density at radius 3 is 2.83 bits per heavy atom. The van der Waals surface area contributed by atoms with Crippen LogP contribution in [-0.2, 0) is 17.8 Å². The summed E-state index contributed by atoms with van der Waals surface area (Å²) in [6.45, 7) is 7.19. The minimum atomic E-state index is -0.247. The highest BCUT2D eigenvalue weighted by Crippen LogP contribution is 2.23. The van der Waals surface area contributed by atoms with Gasteiger partial charge in [0.05, 0.1) is 19.8 Å². The van der Waals surface area contributed by atoms with E-state index in [1.54, 1.807) is 6.07 Å². The van der Waals surface area contributed by atoms with Gasteiger partial charge in [-0.1, -0.05) is 24.3 Å². The van der Waals surface area contributed by atoms with Crippen LogP contribution in [0.5, 0.6) is 5.75 Å². The molecule has 0 aliphatic carbocycles. The van der Waals surface area contributed by atoms with E-state index in [9.17, 15) is 4.39 Å². The molecule has 1 fully saturated rings. The minimum absolute atomic E-state index is 0. The molecule has 1 atom stereocenters. The number of nitrogens with zero attached hydrogens (tertiary/aromatic N) is 1. The highest BCUT2D eigenvalue weighted by molar-refractivity contribution is 14.0. The number of nitrogens with one attached hydrogen (secondary N) is 2. The molecule has 0 saturated carbocycles. The highest BCUT2D eigenvalue weighted by Gasteiger charge is 2.18. The Bertz CT molecular complexity index is 810. The molecule has 7 heteroatoms. The summed E-state index contributed by atoms with van der Waals surface area (Å²) in [4.78, 5) is 4.56. The second kappa shape index (κ2) is 12.0. The van der Waals surface area contributed by atoms with Gasteiger partial charge in [-0.05, 0) is 43.2 Å². The predicted molar refractivity (Wildman–Crippen MR) is 125 cm³/mol. The summed E-state index contributed by atoms with van der Waals surface area (Å²) >= 11 is 0. The van der Waals surface area contributed by atoms with E-state index in [2.05, 4.69) is 40.7 Å². The van der Waals surface area contributed by atoms with Crippen LogP contribution in [0.25, 0.3) is 0 Å². The summed E-state index contributed by atoms with van der Waals surface area (Å²) in [5.41, 5.74) is 3.05. The largest absolute Gasteiger partial charge is 0.488 e. The van der Waals surface area contributed by atoms with Gasteiger partial charge < -0.3 is 20.1 Å². The second-order valence-corrected chi connectivity index (χ2v) is 6.89. The summed E-state index contributed by atoms with van der Waals surface area (Å²) in [6, 6.07) is 12.7. The Hall–Kier alpha value is -1.87. The summed E-state index contributed by atoms with van der Waals surface area (Å²) in [6.07, 6.45) is 1.02. The van der Waals surface area contributed by atoms with Gasteiger partial charge in [-0.3, -0.25) is 0 Å². The lowest BCUT2D eigenvalue weighted by Gasteiger charge is -2.18. The Labute approximate surface area is 189 Å². The van der Waals surface area contributed by atoms with Gasteiger partial charge in [0.15, 0.2) is 5.96 Å². The van der Waals surface area contributed by atoms with Crippen molar-refractivity contribution < 1.29 is 13.9 Å². The van der Waals surface area contributed by atoms with E-state index in [1.165, 1.54) is 12.1 Å². The first-order valence-electron chi connectivity index (χ1n) is 9.74. The molecule has 0 amide bonds. The van der Waals surface area contributed by atoms with Crippen molar-refractivity contribution >= 4 is 29.9 Å². The van der Waals surface area contributed by atoms with Crippen LogP contribution in [0, 0.1) is 12.7 Å². The molecular formula is C22H29FIN3O2. The van der Waals surface area contributed by atoms with Crippen LogP contribution in [0.4, 0.5) is 4.39 Å². The van der Waals surface area contributed by atoms with Crippen LogP contribution in [0.1, 0.15) is 30.0 Å². The van der Waals surface area contributed by atoms with Gasteiger partial charge in [-0.15, -0.1) is 24.0 Å². The van der Waals surface area contributed by atoms with E-state index in [1.807, 2.05) is 13.0 Å². The maximum Gasteiger partial charge on any atom is 0.191 e. The summed E-state index contributed by atoms with van der Waals surface area (Å²) in [5, 5.41) is 6.57. The number of aryl methyl sites for hydroxylation is 1. The van der Waals surface area contributed by atoms with Crippen molar-refractivity contribution in [2.75, 3.05) is 19.8 Å². The van der Waals surface area contributed by atoms with Gasteiger partial charge in [-0.25, -0.2) is 9.38 Å². The average Bonchev–Trinajstić information content (AvgIpc) is 3.18. The van der Waals surface area contributed by atoms with Crippen LogP contribution in [0.3, 0.4) is 0 Å². The van der Waals surface area contributed by atoms with Gasteiger partial charge in [0.25, 0.3) is 0 Å². The van der Waals surface area contributed by atoms with Gasteiger partial charge >= 0.3 is 0 Å². The number of hydrogen-bond acceptors (Lipinski definition) is 3. The Morgan fingerprint density at radius 2 is 2.10 bits per heavy atom. The molecule has 3 rings (SSSR count). The van der Waals surface area contributed by atoms with Crippen LogP contribution < -0.4 is 15.4 Å². The average molecular weight is 513 g/mol. The standard InChI is InChI=1S/C22H28FN3O2.HI/c1-3-24-22(25-13-17-5-4-6-19(23)12-17)26-14-18-8-7-16(2)11-21(18)28-20-9-10-27-15-20;/h4-8,11-12,20H,3,9-10,13-15H2,1-2H3,(H2,24,25,26);1H. The summed E-state index contributed by atoms with van der Waals surface area (Å²) in [7, 11) is 0. The molecule has 2 aromatic rings. The van der Waals surface area contributed by atoms with E-state index in [-0.39, 0.29) is 35.9 Å². The lowest BCUT2D eigenvalue weighted by atomic mass is 10.1. The van der Waals surface area contributed by atoms with Crippen LogP contribution in [0.15, 0.2) is 47.5 Å². The lowest BCUT2D eigenvalue weighted by molar-refractivity contribution is 0.140. The zero-order valence-electron chi connectivity index (χ0n) is 16.9. The molecule has 2 N–H and O–H groups in total. The first kappa shape index (κ1) is 23.4. The fourth-order valence-electron chi connectivity index (χ4n) is 3.03. The summed E-state index contributed by atoms with van der Waals surface area (Å²) < 4.78 is 24.9. The van der Waals surface area contributed by atoms with Crippen LogP contribution >= 0.6 is 24.0 Å². The van der Waals surface area contributed by atoms with E-state index in [4.69, 9.17) is 9.47 Å². The molecule has 1 aliphatic heterocycles. The number of ether oxygens (including phenoxy) is 2. The second-order valence-electron chi connectivity index (χ2n) is 6.89. The molecule has 1 saturated heterocycles. The maximum atomic E-state index is 13.4. The van der Waals surface area contributed by atoms with Gasteiger partial charge in [-0.2, -0.15) is 0 Å². The van der Waals surface area contributed by atoms with Crippen molar-refractivity contribution in [2.24, 2.45) is 4.99 Å². The van der Waals surface area contributed by atoms with E-state index in [0.717, 1.165) is 42.0 Å². The molecule has 0 radical (unpaired) electrons. The normalized spacial score (nSPS) is 16.2. The van der Waals surface area contributed by atoms with Gasteiger partial charge in [0, 0.05) is 25.1 Å². The molecule has 0 aromatic heterocycles. The fraction of sp³-hybridized carbons (Fsp3) is 0.409. The molecular weight excluding hydrogens is 484 g/mol. The quantitative estimate of drug-likeness (QED) is 0.332. The molecule has 158 valence electrons. The molecule has 0 spiro atoms.